The molecule has 1 amide bonds. The van der Waals surface area contributed by atoms with E-state index < -0.39 is 0 Å². The van der Waals surface area contributed by atoms with Crippen LogP contribution in [-0.2, 0) is 4.79 Å². The van der Waals surface area contributed by atoms with Gasteiger partial charge in [0.25, 0.3) is 0 Å². The molecule has 0 aliphatic carbocycles. The number of carbonyl (C=O) groups is 1. The van der Waals surface area contributed by atoms with Crippen molar-refractivity contribution in [2.45, 2.75) is 12.5 Å². The van der Waals surface area contributed by atoms with Gasteiger partial charge < -0.3 is 5.32 Å². The largest absolute Gasteiger partial charge is 0.342 e. The van der Waals surface area contributed by atoms with E-state index in [2.05, 4.69) is 15.5 Å². The molecular formula is C19H18Cl2N4OS. The van der Waals surface area contributed by atoms with Crippen molar-refractivity contribution in [2.24, 2.45) is 0 Å². The van der Waals surface area contributed by atoms with E-state index in [1.54, 1.807) is 36.0 Å². The number of nitrogens with one attached hydrogen (secondary N) is 1. The molecule has 3 aromatic rings. The monoisotopic (exact) mass is 420 g/mol. The van der Waals surface area contributed by atoms with Crippen LogP contribution in [0.25, 0.3) is 11.7 Å². The number of nitrogens with zero attached hydrogens (tertiary/aromatic N) is 3. The van der Waals surface area contributed by atoms with E-state index >= 15 is 0 Å². The number of fused-ring (bicyclic) bond motifs is 1. The van der Waals surface area contributed by atoms with Gasteiger partial charge in [-0.2, -0.15) is 11.8 Å². The second kappa shape index (κ2) is 9.26. The number of amides is 1. The van der Waals surface area contributed by atoms with E-state index in [9.17, 15) is 4.79 Å². The zero-order valence-electron chi connectivity index (χ0n) is 14.6. The van der Waals surface area contributed by atoms with Gasteiger partial charge in [-0.3, -0.25) is 9.20 Å². The number of rotatable bonds is 7. The van der Waals surface area contributed by atoms with Gasteiger partial charge in [0.05, 0.1) is 6.04 Å². The second-order valence-corrected chi connectivity index (χ2v) is 7.66. The molecule has 0 aliphatic rings. The predicted molar refractivity (Wildman–Crippen MR) is 112 cm³/mol. The van der Waals surface area contributed by atoms with Crippen molar-refractivity contribution in [2.75, 3.05) is 12.0 Å². The van der Waals surface area contributed by atoms with Gasteiger partial charge in [0.1, 0.15) is 0 Å². The fourth-order valence-electron chi connectivity index (χ4n) is 2.62. The highest BCUT2D eigenvalue weighted by atomic mass is 35.5. The summed E-state index contributed by atoms with van der Waals surface area (Å²) in [4.78, 5) is 12.5. The highest BCUT2D eigenvalue weighted by Gasteiger charge is 2.19. The van der Waals surface area contributed by atoms with Crippen LogP contribution in [0.1, 0.15) is 23.9 Å². The maximum absolute atomic E-state index is 12.5. The molecule has 0 aliphatic heterocycles. The summed E-state index contributed by atoms with van der Waals surface area (Å²) in [6, 6.07) is 10.6. The number of aromatic nitrogens is 3. The van der Waals surface area contributed by atoms with E-state index in [4.69, 9.17) is 23.2 Å². The number of hydrogen-bond acceptors (Lipinski definition) is 4. The molecule has 2 aromatic heterocycles. The molecule has 0 saturated heterocycles. The van der Waals surface area contributed by atoms with Gasteiger partial charge in [0.15, 0.2) is 11.5 Å². The van der Waals surface area contributed by atoms with E-state index in [0.29, 0.717) is 15.9 Å². The van der Waals surface area contributed by atoms with Crippen LogP contribution < -0.4 is 5.32 Å². The summed E-state index contributed by atoms with van der Waals surface area (Å²) >= 11 is 13.8. The number of pyridine rings is 1. The van der Waals surface area contributed by atoms with Crippen molar-refractivity contribution in [3.05, 3.63) is 70.1 Å². The van der Waals surface area contributed by atoms with E-state index in [1.165, 1.54) is 6.08 Å². The molecule has 140 valence electrons. The Labute approximate surface area is 171 Å². The van der Waals surface area contributed by atoms with Crippen molar-refractivity contribution in [3.63, 3.8) is 0 Å². The van der Waals surface area contributed by atoms with Crippen LogP contribution >= 0.6 is 35.0 Å². The third-order valence-corrected chi connectivity index (χ3v) is 5.16. The van der Waals surface area contributed by atoms with Crippen molar-refractivity contribution in [3.8, 4) is 0 Å². The standard InChI is InChI=1S/C19H18Cl2N4OS/c1-27-11-9-16(19-24-23-17-4-2-3-10-25(17)19)22-18(26)8-6-13-5-7-14(20)12-15(13)21/h2-8,10,12,16H,9,11H2,1H3,(H,22,26)/b8-6+/t16-/m0/s1. The molecule has 0 fully saturated rings. The highest BCUT2D eigenvalue weighted by molar-refractivity contribution is 7.98. The zero-order valence-corrected chi connectivity index (χ0v) is 16.9. The van der Waals surface area contributed by atoms with Gasteiger partial charge in [-0.05, 0) is 54.3 Å². The summed E-state index contributed by atoms with van der Waals surface area (Å²) in [5.41, 5.74) is 1.48. The summed E-state index contributed by atoms with van der Waals surface area (Å²) in [6.07, 6.45) is 7.81. The Kier molecular flexibility index (Phi) is 6.77. The normalized spacial score (nSPS) is 12.6. The van der Waals surface area contributed by atoms with Crippen LogP contribution in [0.2, 0.25) is 10.0 Å². The SMILES string of the molecule is CSCC[C@H](NC(=O)/C=C/c1ccc(Cl)cc1Cl)c1nnc2ccccn12. The Morgan fingerprint density at radius 1 is 1.30 bits per heavy atom. The molecule has 27 heavy (non-hydrogen) atoms. The second-order valence-electron chi connectivity index (χ2n) is 5.83. The van der Waals surface area contributed by atoms with Crippen LogP contribution in [0.15, 0.2) is 48.7 Å². The molecule has 3 rings (SSSR count). The minimum Gasteiger partial charge on any atom is -0.342 e. The molecule has 0 spiro atoms. The lowest BCUT2D eigenvalue weighted by molar-refractivity contribution is -0.117. The lowest BCUT2D eigenvalue weighted by atomic mass is 10.2. The fraction of sp³-hybridized carbons (Fsp3) is 0.211. The number of carbonyl (C=O) groups excluding carboxylic acids is 1. The summed E-state index contributed by atoms with van der Waals surface area (Å²) in [5, 5.41) is 12.5. The van der Waals surface area contributed by atoms with Crippen LogP contribution in [0.5, 0.6) is 0 Å². The van der Waals surface area contributed by atoms with Crippen LogP contribution in [0, 0.1) is 0 Å². The summed E-state index contributed by atoms with van der Waals surface area (Å²) in [7, 11) is 0. The van der Waals surface area contributed by atoms with Crippen LogP contribution in [0.3, 0.4) is 0 Å². The Bertz CT molecular complexity index is 973. The average Bonchev–Trinajstić information content (AvgIpc) is 3.08. The average molecular weight is 421 g/mol. The van der Waals surface area contributed by atoms with Gasteiger partial charge in [-0.15, -0.1) is 10.2 Å². The maximum Gasteiger partial charge on any atom is 0.244 e. The smallest absolute Gasteiger partial charge is 0.244 e. The molecule has 0 saturated carbocycles. The number of halogens is 2. The third kappa shape index (κ3) is 5.03. The van der Waals surface area contributed by atoms with Crippen molar-refractivity contribution in [1.29, 1.82) is 0 Å². The summed E-state index contributed by atoms with van der Waals surface area (Å²) < 4.78 is 1.89. The van der Waals surface area contributed by atoms with Crippen molar-refractivity contribution in [1.82, 2.24) is 19.9 Å². The Balaban J connectivity index is 1.77. The van der Waals surface area contributed by atoms with Crippen LogP contribution in [0.4, 0.5) is 0 Å². The topological polar surface area (TPSA) is 59.3 Å². The molecule has 0 bridgehead atoms. The number of thioether (sulfide) groups is 1. The van der Waals surface area contributed by atoms with E-state index in [0.717, 1.165) is 23.4 Å². The first-order valence-electron chi connectivity index (χ1n) is 8.30. The van der Waals surface area contributed by atoms with Crippen LogP contribution in [-0.4, -0.2) is 32.5 Å². The van der Waals surface area contributed by atoms with Crippen molar-refractivity contribution < 1.29 is 4.79 Å². The van der Waals surface area contributed by atoms with Gasteiger partial charge in [-0.1, -0.05) is 35.3 Å². The molecule has 5 nitrogen and oxygen atoms in total. The molecule has 1 atom stereocenters. The third-order valence-electron chi connectivity index (χ3n) is 3.96. The minimum absolute atomic E-state index is 0.222. The lowest BCUT2D eigenvalue weighted by Gasteiger charge is -2.16. The zero-order chi connectivity index (χ0) is 19.2. The molecular weight excluding hydrogens is 403 g/mol. The first kappa shape index (κ1) is 19.7. The highest BCUT2D eigenvalue weighted by Crippen LogP contribution is 2.22. The summed E-state index contributed by atoms with van der Waals surface area (Å²) in [6.45, 7) is 0. The predicted octanol–water partition coefficient (Wildman–Crippen LogP) is 4.66. The molecule has 0 unspecified atom stereocenters. The number of hydrogen-bond donors (Lipinski definition) is 1. The summed E-state index contributed by atoms with van der Waals surface area (Å²) in [5.74, 6) is 1.38. The first-order chi connectivity index (χ1) is 13.1. The Morgan fingerprint density at radius 2 is 2.15 bits per heavy atom. The molecule has 2 heterocycles. The van der Waals surface area contributed by atoms with Gasteiger partial charge in [0, 0.05) is 22.3 Å². The van der Waals surface area contributed by atoms with Gasteiger partial charge >= 0.3 is 0 Å². The van der Waals surface area contributed by atoms with E-state index in [1.807, 2.05) is 35.1 Å². The van der Waals surface area contributed by atoms with E-state index in [-0.39, 0.29) is 11.9 Å². The molecule has 1 N–H and O–H groups in total. The first-order valence-corrected chi connectivity index (χ1v) is 10.5. The maximum atomic E-state index is 12.5. The van der Waals surface area contributed by atoms with Gasteiger partial charge in [0.2, 0.25) is 5.91 Å². The Morgan fingerprint density at radius 3 is 2.93 bits per heavy atom. The quantitative estimate of drug-likeness (QED) is 0.564. The molecule has 8 heteroatoms. The molecule has 1 aromatic carbocycles. The lowest BCUT2D eigenvalue weighted by Crippen LogP contribution is -2.29. The fourth-order valence-corrected chi connectivity index (χ4v) is 3.56. The number of benzene rings is 1. The Hall–Kier alpha value is -2.02. The van der Waals surface area contributed by atoms with Gasteiger partial charge in [-0.25, -0.2) is 0 Å². The minimum atomic E-state index is -0.243. The van der Waals surface area contributed by atoms with Crippen molar-refractivity contribution >= 4 is 52.6 Å². The molecule has 0 radical (unpaired) electrons.